The molecule has 3 heteroatoms. The van der Waals surface area contributed by atoms with E-state index in [9.17, 15) is 8.78 Å². The second-order valence-electron chi connectivity index (χ2n) is 5.48. The number of rotatable bonds is 6. The van der Waals surface area contributed by atoms with Crippen LogP contribution in [0.2, 0.25) is 0 Å². The first kappa shape index (κ1) is 15.1. The van der Waals surface area contributed by atoms with Crippen molar-refractivity contribution in [3.63, 3.8) is 0 Å². The average molecular weight is 255 g/mol. The Labute approximate surface area is 109 Å². The monoisotopic (exact) mass is 255 g/mol. The van der Waals surface area contributed by atoms with Crippen LogP contribution in [0.15, 0.2) is 18.2 Å². The predicted octanol–water partition coefficient (Wildman–Crippen LogP) is 4.30. The van der Waals surface area contributed by atoms with Crippen LogP contribution in [-0.2, 0) is 0 Å². The molecule has 0 amide bonds. The number of hydrogen-bond acceptors (Lipinski definition) is 1. The standard InChI is InChI=1S/C15H23F2N/c1-10(2)7-11(3)8-15(18-4)13-9-12(16)5-6-14(13)17/h5-6,9-11,15,18H,7-8H2,1-4H3. The number of halogens is 2. The third-order valence-corrected chi connectivity index (χ3v) is 3.19. The molecule has 0 aliphatic carbocycles. The first-order valence-electron chi connectivity index (χ1n) is 6.56. The maximum Gasteiger partial charge on any atom is 0.128 e. The van der Waals surface area contributed by atoms with E-state index in [1.54, 1.807) is 7.05 Å². The topological polar surface area (TPSA) is 12.0 Å². The second-order valence-corrected chi connectivity index (χ2v) is 5.48. The zero-order valence-corrected chi connectivity index (χ0v) is 11.6. The molecule has 0 heterocycles. The Hall–Kier alpha value is -0.960. The lowest BCUT2D eigenvalue weighted by molar-refractivity contribution is 0.360. The van der Waals surface area contributed by atoms with Gasteiger partial charge in [-0.3, -0.25) is 0 Å². The SMILES string of the molecule is CNC(CC(C)CC(C)C)c1cc(F)ccc1F. The van der Waals surface area contributed by atoms with E-state index in [4.69, 9.17) is 0 Å². The normalized spacial score (nSPS) is 14.8. The van der Waals surface area contributed by atoms with Crippen molar-refractivity contribution in [3.05, 3.63) is 35.4 Å². The molecule has 0 radical (unpaired) electrons. The van der Waals surface area contributed by atoms with Crippen LogP contribution in [-0.4, -0.2) is 7.05 Å². The van der Waals surface area contributed by atoms with Crippen molar-refractivity contribution in [2.24, 2.45) is 11.8 Å². The van der Waals surface area contributed by atoms with E-state index < -0.39 is 0 Å². The Bertz CT molecular complexity index is 377. The van der Waals surface area contributed by atoms with Crippen LogP contribution in [0, 0.1) is 23.5 Å². The summed E-state index contributed by atoms with van der Waals surface area (Å²) in [6.45, 7) is 6.50. The molecule has 0 saturated carbocycles. The molecule has 0 aliphatic heterocycles. The highest BCUT2D eigenvalue weighted by Gasteiger charge is 2.18. The second kappa shape index (κ2) is 6.83. The summed E-state index contributed by atoms with van der Waals surface area (Å²) in [6.07, 6.45) is 1.91. The van der Waals surface area contributed by atoms with Crippen molar-refractivity contribution >= 4 is 0 Å². The van der Waals surface area contributed by atoms with Crippen molar-refractivity contribution in [1.82, 2.24) is 5.32 Å². The van der Waals surface area contributed by atoms with Gasteiger partial charge in [0.1, 0.15) is 11.6 Å². The average Bonchev–Trinajstić information content (AvgIpc) is 2.28. The summed E-state index contributed by atoms with van der Waals surface area (Å²) in [6, 6.07) is 3.51. The summed E-state index contributed by atoms with van der Waals surface area (Å²) in [5.41, 5.74) is 0.424. The van der Waals surface area contributed by atoms with Crippen LogP contribution in [0.3, 0.4) is 0 Å². The van der Waals surface area contributed by atoms with Gasteiger partial charge in [-0.15, -0.1) is 0 Å². The van der Waals surface area contributed by atoms with Crippen LogP contribution in [0.4, 0.5) is 8.78 Å². The minimum atomic E-state index is -0.386. The Kier molecular flexibility index (Phi) is 5.73. The Morgan fingerprint density at radius 2 is 1.78 bits per heavy atom. The van der Waals surface area contributed by atoms with Gasteiger partial charge in [-0.25, -0.2) is 8.78 Å². The highest BCUT2D eigenvalue weighted by Crippen LogP contribution is 2.27. The fourth-order valence-corrected chi connectivity index (χ4v) is 2.49. The van der Waals surface area contributed by atoms with Gasteiger partial charge >= 0.3 is 0 Å². The molecule has 0 aliphatic rings. The molecule has 18 heavy (non-hydrogen) atoms. The smallest absolute Gasteiger partial charge is 0.128 e. The summed E-state index contributed by atoms with van der Waals surface area (Å²) in [4.78, 5) is 0. The fourth-order valence-electron chi connectivity index (χ4n) is 2.49. The van der Waals surface area contributed by atoms with Crippen LogP contribution in [0.25, 0.3) is 0 Å². The summed E-state index contributed by atoms with van der Waals surface area (Å²) < 4.78 is 26.9. The summed E-state index contributed by atoms with van der Waals surface area (Å²) in [7, 11) is 1.79. The zero-order valence-electron chi connectivity index (χ0n) is 11.6. The minimum Gasteiger partial charge on any atom is -0.313 e. The van der Waals surface area contributed by atoms with Gasteiger partial charge < -0.3 is 5.32 Å². The van der Waals surface area contributed by atoms with Gasteiger partial charge in [0, 0.05) is 11.6 Å². The molecule has 102 valence electrons. The number of benzene rings is 1. The molecule has 1 N–H and O–H groups in total. The molecule has 2 unspecified atom stereocenters. The molecular weight excluding hydrogens is 232 g/mol. The van der Waals surface area contributed by atoms with Gasteiger partial charge in [0.2, 0.25) is 0 Å². The van der Waals surface area contributed by atoms with E-state index in [1.807, 2.05) is 0 Å². The molecule has 0 saturated heterocycles. The van der Waals surface area contributed by atoms with E-state index in [0.29, 0.717) is 17.4 Å². The summed E-state index contributed by atoms with van der Waals surface area (Å²) in [5, 5.41) is 3.08. The van der Waals surface area contributed by atoms with E-state index in [2.05, 4.69) is 26.1 Å². The highest BCUT2D eigenvalue weighted by atomic mass is 19.1. The van der Waals surface area contributed by atoms with Gasteiger partial charge in [-0.1, -0.05) is 20.8 Å². The summed E-state index contributed by atoms with van der Waals surface area (Å²) >= 11 is 0. The van der Waals surface area contributed by atoms with Crippen molar-refractivity contribution in [3.8, 4) is 0 Å². The predicted molar refractivity (Wildman–Crippen MR) is 71.4 cm³/mol. The van der Waals surface area contributed by atoms with E-state index in [1.165, 1.54) is 12.1 Å². The van der Waals surface area contributed by atoms with Crippen molar-refractivity contribution < 1.29 is 8.78 Å². The molecule has 2 atom stereocenters. The number of hydrogen-bond donors (Lipinski definition) is 1. The lowest BCUT2D eigenvalue weighted by Crippen LogP contribution is -2.21. The zero-order chi connectivity index (χ0) is 13.7. The lowest BCUT2D eigenvalue weighted by Gasteiger charge is -2.22. The van der Waals surface area contributed by atoms with Crippen molar-refractivity contribution in [2.45, 2.75) is 39.7 Å². The molecule has 1 rings (SSSR count). The molecular formula is C15H23F2N. The molecule has 1 aromatic carbocycles. The number of nitrogens with one attached hydrogen (secondary N) is 1. The van der Waals surface area contributed by atoms with Crippen LogP contribution in [0.1, 0.15) is 45.2 Å². The van der Waals surface area contributed by atoms with E-state index in [0.717, 1.165) is 18.9 Å². The Morgan fingerprint density at radius 3 is 2.33 bits per heavy atom. The Balaban J connectivity index is 2.79. The quantitative estimate of drug-likeness (QED) is 0.799. The highest BCUT2D eigenvalue weighted by molar-refractivity contribution is 5.22. The Morgan fingerprint density at radius 1 is 1.11 bits per heavy atom. The molecule has 0 fully saturated rings. The van der Waals surface area contributed by atoms with Crippen LogP contribution >= 0.6 is 0 Å². The maximum atomic E-state index is 13.7. The van der Waals surface area contributed by atoms with Crippen LogP contribution in [0.5, 0.6) is 0 Å². The van der Waals surface area contributed by atoms with Gasteiger partial charge in [0.05, 0.1) is 0 Å². The lowest BCUT2D eigenvalue weighted by atomic mass is 9.90. The minimum absolute atomic E-state index is 0.130. The largest absolute Gasteiger partial charge is 0.313 e. The van der Waals surface area contributed by atoms with Crippen LogP contribution < -0.4 is 5.32 Å². The van der Waals surface area contributed by atoms with Crippen molar-refractivity contribution in [1.29, 1.82) is 0 Å². The van der Waals surface area contributed by atoms with E-state index in [-0.39, 0.29) is 17.7 Å². The molecule has 1 aromatic rings. The van der Waals surface area contributed by atoms with Gasteiger partial charge in [0.15, 0.2) is 0 Å². The molecule has 0 spiro atoms. The third-order valence-electron chi connectivity index (χ3n) is 3.19. The van der Waals surface area contributed by atoms with E-state index >= 15 is 0 Å². The first-order valence-corrected chi connectivity index (χ1v) is 6.56. The first-order chi connectivity index (χ1) is 8.43. The van der Waals surface area contributed by atoms with Gasteiger partial charge in [-0.2, -0.15) is 0 Å². The van der Waals surface area contributed by atoms with Gasteiger partial charge in [-0.05, 0) is 49.9 Å². The molecule has 0 aromatic heterocycles. The fraction of sp³-hybridized carbons (Fsp3) is 0.600. The maximum absolute atomic E-state index is 13.7. The molecule has 0 bridgehead atoms. The summed E-state index contributed by atoms with van der Waals surface area (Å²) in [5.74, 6) is 0.371. The molecule has 1 nitrogen and oxygen atoms in total. The van der Waals surface area contributed by atoms with Gasteiger partial charge in [0.25, 0.3) is 0 Å². The third kappa shape index (κ3) is 4.37. The van der Waals surface area contributed by atoms with Crippen molar-refractivity contribution in [2.75, 3.05) is 7.05 Å².